The Morgan fingerprint density at radius 2 is 1.32 bits per heavy atom. The molecule has 2 aliphatic heterocycles. The molecule has 10 heteroatoms. The van der Waals surface area contributed by atoms with Gasteiger partial charge in [-0.1, -0.05) is 136 Å². The van der Waals surface area contributed by atoms with Crippen molar-refractivity contribution in [2.75, 3.05) is 26.9 Å². The van der Waals surface area contributed by atoms with E-state index >= 15 is 14.4 Å². The van der Waals surface area contributed by atoms with Gasteiger partial charge in [-0.2, -0.15) is 0 Å². The Balaban J connectivity index is 1.83. The predicted molar refractivity (Wildman–Crippen MR) is 218 cm³/mol. The standard InChI is InChI=1S/C46H48NO8P/c1-7-53-37(48)28-31-29-45(38(36-27-19-18-26-35(31)36)40(49)47-42(44(3,4)5)55-30-46(45,47)43(51)52-6)39(41(50)54-8-2)56(32-20-12-9-13-21-32,33-22-14-10-15-23-33)34-24-16-11-17-25-34/h9-28,38,42H,7-8,29-30H2,1-6H3/t38-,42+,45-,46-/m0/s1. The van der Waals surface area contributed by atoms with Crippen LogP contribution in [0.2, 0.25) is 0 Å². The third kappa shape index (κ3) is 5.69. The van der Waals surface area contributed by atoms with Crippen molar-refractivity contribution < 1.29 is 38.1 Å². The second-order valence-corrected chi connectivity index (χ2v) is 18.8. The molecular formula is C46H48NO8P. The molecule has 4 atom stereocenters. The summed E-state index contributed by atoms with van der Waals surface area (Å²) in [7, 11) is 1.30. The van der Waals surface area contributed by atoms with Crippen molar-refractivity contribution in [1.82, 2.24) is 4.90 Å². The summed E-state index contributed by atoms with van der Waals surface area (Å²) in [6, 6.07) is 36.9. The van der Waals surface area contributed by atoms with E-state index in [9.17, 15) is 4.79 Å². The van der Waals surface area contributed by atoms with E-state index in [0.29, 0.717) is 16.7 Å². The maximum absolute atomic E-state index is 15.9. The summed E-state index contributed by atoms with van der Waals surface area (Å²) in [6.45, 7) is 5.79. The van der Waals surface area contributed by atoms with Gasteiger partial charge in [0.25, 0.3) is 0 Å². The summed E-state index contributed by atoms with van der Waals surface area (Å²) in [5.74, 6) is -3.41. The molecule has 290 valence electrons. The first-order valence-corrected chi connectivity index (χ1v) is 20.8. The van der Waals surface area contributed by atoms with Crippen LogP contribution in [0.3, 0.4) is 0 Å². The molecule has 9 nitrogen and oxygen atoms in total. The van der Waals surface area contributed by atoms with E-state index < -0.39 is 53.3 Å². The van der Waals surface area contributed by atoms with Gasteiger partial charge < -0.3 is 18.9 Å². The Morgan fingerprint density at radius 1 is 0.804 bits per heavy atom. The lowest BCUT2D eigenvalue weighted by atomic mass is 9.54. The van der Waals surface area contributed by atoms with Crippen molar-refractivity contribution in [3.8, 4) is 0 Å². The highest BCUT2D eigenvalue weighted by molar-refractivity contribution is 7.96. The van der Waals surface area contributed by atoms with Crippen molar-refractivity contribution in [3.63, 3.8) is 0 Å². The van der Waals surface area contributed by atoms with E-state index in [-0.39, 0.29) is 37.4 Å². The topological polar surface area (TPSA) is 108 Å². The molecule has 4 aromatic rings. The van der Waals surface area contributed by atoms with Gasteiger partial charge in [0, 0.05) is 11.5 Å². The van der Waals surface area contributed by atoms with E-state index in [2.05, 4.69) is 0 Å². The zero-order chi connectivity index (χ0) is 39.9. The first-order valence-electron chi connectivity index (χ1n) is 19.1. The number of amides is 1. The van der Waals surface area contributed by atoms with Crippen LogP contribution in [0.1, 0.15) is 58.1 Å². The van der Waals surface area contributed by atoms with Gasteiger partial charge in [-0.25, -0.2) is 14.4 Å². The summed E-state index contributed by atoms with van der Waals surface area (Å²) >= 11 is 0. The minimum Gasteiger partial charge on any atom is -0.467 e. The number of nitrogens with zero attached hydrogens (tertiary/aromatic N) is 1. The lowest BCUT2D eigenvalue weighted by Gasteiger charge is -2.51. The molecule has 56 heavy (non-hydrogen) atoms. The molecule has 0 N–H and O–H groups in total. The third-order valence-electron chi connectivity index (χ3n) is 11.4. The van der Waals surface area contributed by atoms with Crippen LogP contribution in [-0.4, -0.2) is 72.7 Å². The molecule has 0 saturated carbocycles. The highest BCUT2D eigenvalue weighted by Gasteiger charge is 2.81. The molecular weight excluding hydrogens is 725 g/mol. The van der Waals surface area contributed by atoms with Crippen LogP contribution in [0.15, 0.2) is 121 Å². The van der Waals surface area contributed by atoms with Crippen LogP contribution in [0.5, 0.6) is 0 Å². The molecule has 2 fully saturated rings. The molecule has 3 aliphatic rings. The SMILES string of the molecule is CCOC(=O)C=C1C[C@@]2(C(C(=O)OCC)=P(c3ccccc3)(c3ccccc3)c3ccccc3)[C@H](C(=O)N3[C@@H](C(C)(C)C)OC[C@@]32C(=O)OC)c2ccccc21. The molecule has 0 aromatic heterocycles. The van der Waals surface area contributed by atoms with Crippen molar-refractivity contribution in [1.29, 1.82) is 0 Å². The minimum absolute atomic E-state index is 0.0214. The number of carbonyl (C=O) groups excluding carboxylic acids is 4. The van der Waals surface area contributed by atoms with Gasteiger partial charge >= 0.3 is 17.9 Å². The van der Waals surface area contributed by atoms with Gasteiger partial charge in [-0.05, 0) is 59.8 Å². The van der Waals surface area contributed by atoms with Crippen LogP contribution >= 0.6 is 6.89 Å². The Labute approximate surface area is 328 Å². The van der Waals surface area contributed by atoms with E-state index in [0.717, 1.165) is 15.9 Å². The van der Waals surface area contributed by atoms with Crippen LogP contribution in [0.25, 0.3) is 5.57 Å². The zero-order valence-electron chi connectivity index (χ0n) is 32.7. The van der Waals surface area contributed by atoms with E-state index in [1.165, 1.54) is 13.2 Å². The summed E-state index contributed by atoms with van der Waals surface area (Å²) in [6.07, 6.45) is 0.474. The molecule has 4 aromatic carbocycles. The molecule has 0 bridgehead atoms. The minimum atomic E-state index is -3.45. The number of fused-ring (bicyclic) bond motifs is 5. The number of benzene rings is 4. The molecule has 1 amide bonds. The monoisotopic (exact) mass is 773 g/mol. The fraction of sp³-hybridized carbons (Fsp3) is 0.326. The van der Waals surface area contributed by atoms with Gasteiger partial charge in [0.15, 0.2) is 5.54 Å². The van der Waals surface area contributed by atoms with Crippen molar-refractivity contribution in [2.24, 2.45) is 10.8 Å². The quantitative estimate of drug-likeness (QED) is 0.0884. The van der Waals surface area contributed by atoms with Gasteiger partial charge in [0.05, 0.1) is 43.6 Å². The second-order valence-electron chi connectivity index (χ2n) is 15.4. The lowest BCUT2D eigenvalue weighted by molar-refractivity contribution is -0.161. The van der Waals surface area contributed by atoms with Crippen molar-refractivity contribution in [3.05, 3.63) is 132 Å². The number of methoxy groups -OCH3 is 1. The maximum atomic E-state index is 15.9. The smallest absolute Gasteiger partial charge is 0.335 e. The number of hydrogen-bond donors (Lipinski definition) is 0. The van der Waals surface area contributed by atoms with Gasteiger partial charge in [0.2, 0.25) is 5.91 Å². The van der Waals surface area contributed by atoms with Gasteiger partial charge in [-0.15, -0.1) is 0 Å². The van der Waals surface area contributed by atoms with Crippen LogP contribution in [-0.2, 0) is 38.1 Å². The summed E-state index contributed by atoms with van der Waals surface area (Å²) in [5.41, 5.74) is -2.55. The molecule has 0 spiro atoms. The van der Waals surface area contributed by atoms with Crippen LogP contribution in [0.4, 0.5) is 0 Å². The number of hydrogen-bond acceptors (Lipinski definition) is 8. The molecule has 0 radical (unpaired) electrons. The van der Waals surface area contributed by atoms with Crippen molar-refractivity contribution >= 4 is 57.5 Å². The van der Waals surface area contributed by atoms with Gasteiger partial charge in [-0.3, -0.25) is 9.69 Å². The van der Waals surface area contributed by atoms with E-state index in [1.807, 2.05) is 136 Å². The number of allylic oxidation sites excluding steroid dienone is 1. The zero-order valence-corrected chi connectivity index (χ0v) is 33.6. The van der Waals surface area contributed by atoms with Gasteiger partial charge in [0.1, 0.15) is 6.23 Å². The number of esters is 3. The highest BCUT2D eigenvalue weighted by atomic mass is 31.2. The Hall–Kier alpha value is -5.24. The highest BCUT2D eigenvalue weighted by Crippen LogP contribution is 2.69. The Bertz CT molecular complexity index is 2140. The molecule has 1 aliphatic carbocycles. The molecule has 2 heterocycles. The molecule has 7 rings (SSSR count). The average Bonchev–Trinajstić information content (AvgIpc) is 3.72. The Kier molecular flexibility index (Phi) is 10.5. The average molecular weight is 774 g/mol. The molecule has 0 unspecified atom stereocenters. The van der Waals surface area contributed by atoms with Crippen LogP contribution in [0, 0.1) is 10.8 Å². The number of carbonyl (C=O) groups is 4. The second kappa shape index (κ2) is 15.0. The van der Waals surface area contributed by atoms with Crippen LogP contribution < -0.4 is 15.9 Å². The van der Waals surface area contributed by atoms with E-state index in [1.54, 1.807) is 18.7 Å². The molecule has 2 saturated heterocycles. The fourth-order valence-corrected chi connectivity index (χ4v) is 14.3. The normalized spacial score (nSPS) is 23.5. The lowest BCUT2D eigenvalue weighted by Crippen LogP contribution is -2.66. The van der Waals surface area contributed by atoms with E-state index in [4.69, 9.17) is 18.9 Å². The fourth-order valence-electron chi connectivity index (χ4n) is 9.49. The van der Waals surface area contributed by atoms with Crippen molar-refractivity contribution in [2.45, 2.75) is 58.7 Å². The maximum Gasteiger partial charge on any atom is 0.335 e. The predicted octanol–water partition coefficient (Wildman–Crippen LogP) is 5.99. The Morgan fingerprint density at radius 3 is 1.82 bits per heavy atom. The first-order chi connectivity index (χ1) is 26.9. The number of rotatable bonds is 9. The largest absolute Gasteiger partial charge is 0.467 e. The summed E-state index contributed by atoms with van der Waals surface area (Å²) in [5, 5.41) is 2.73. The summed E-state index contributed by atoms with van der Waals surface area (Å²) < 4.78 is 24.2. The number of ether oxygens (including phenoxy) is 4. The first kappa shape index (κ1) is 39.0. The summed E-state index contributed by atoms with van der Waals surface area (Å²) in [4.78, 5) is 62.2. The third-order valence-corrected chi connectivity index (χ3v) is 15.9.